The molecule has 0 saturated carbocycles. The highest BCUT2D eigenvalue weighted by Crippen LogP contribution is 2.22. The first-order valence-electron chi connectivity index (χ1n) is 5.57. The largest absolute Gasteiger partial charge is 0.343 e. The number of nitrogens with one attached hydrogen (secondary N) is 1. The molecule has 0 aliphatic carbocycles. The zero-order chi connectivity index (χ0) is 14.0. The van der Waals surface area contributed by atoms with Gasteiger partial charge in [0.2, 0.25) is 0 Å². The first-order valence-corrected chi connectivity index (χ1v) is 6.45. The van der Waals surface area contributed by atoms with Crippen molar-refractivity contribution in [2.45, 2.75) is 17.3 Å². The number of benzene rings is 1. The molecule has 0 amide bonds. The predicted molar refractivity (Wildman–Crippen MR) is 69.9 cm³/mol. The maximum absolute atomic E-state index is 12.8. The standard InChI is InChI=1S/C12H12FN3O2S/c1-7(19-12-15-14-11(18)16(12)2)10(17)8-3-5-9(13)6-4-8/h3-7H,1-2H3,(H,14,18). The van der Waals surface area contributed by atoms with Crippen LogP contribution in [0.25, 0.3) is 0 Å². The van der Waals surface area contributed by atoms with Crippen molar-refractivity contribution in [3.05, 3.63) is 46.1 Å². The lowest BCUT2D eigenvalue weighted by molar-refractivity contribution is 0.0994. The van der Waals surface area contributed by atoms with Gasteiger partial charge in [-0.1, -0.05) is 11.8 Å². The maximum atomic E-state index is 12.8. The van der Waals surface area contributed by atoms with Gasteiger partial charge in [-0.25, -0.2) is 14.3 Å². The summed E-state index contributed by atoms with van der Waals surface area (Å²) in [5, 5.41) is 6.15. The molecule has 1 atom stereocenters. The van der Waals surface area contributed by atoms with Crippen LogP contribution in [0.2, 0.25) is 0 Å². The van der Waals surface area contributed by atoms with E-state index in [2.05, 4.69) is 10.2 Å². The van der Waals surface area contributed by atoms with Crippen LogP contribution in [-0.4, -0.2) is 25.8 Å². The Labute approximate surface area is 112 Å². The van der Waals surface area contributed by atoms with Crippen LogP contribution in [0.5, 0.6) is 0 Å². The molecule has 0 bridgehead atoms. The van der Waals surface area contributed by atoms with Crippen LogP contribution in [0.3, 0.4) is 0 Å². The van der Waals surface area contributed by atoms with E-state index < -0.39 is 5.25 Å². The molecule has 2 rings (SSSR count). The quantitative estimate of drug-likeness (QED) is 0.683. The predicted octanol–water partition coefficient (Wildman–Crippen LogP) is 1.61. The number of H-pyrrole nitrogens is 1. The Balaban J connectivity index is 2.14. The number of thioether (sulfide) groups is 1. The third kappa shape index (κ3) is 2.93. The van der Waals surface area contributed by atoms with Gasteiger partial charge in [-0.2, -0.15) is 0 Å². The molecule has 0 spiro atoms. The van der Waals surface area contributed by atoms with Crippen molar-refractivity contribution in [3.8, 4) is 0 Å². The molecular formula is C12H12FN3O2S. The number of aromatic amines is 1. The minimum absolute atomic E-state index is 0.138. The third-order valence-electron chi connectivity index (χ3n) is 2.62. The first-order chi connectivity index (χ1) is 8.99. The van der Waals surface area contributed by atoms with Gasteiger partial charge in [0.25, 0.3) is 0 Å². The van der Waals surface area contributed by atoms with Gasteiger partial charge < -0.3 is 0 Å². The molecule has 2 aromatic rings. The van der Waals surface area contributed by atoms with Gasteiger partial charge >= 0.3 is 5.69 Å². The fourth-order valence-electron chi connectivity index (χ4n) is 1.50. The van der Waals surface area contributed by atoms with Gasteiger partial charge in [-0.3, -0.25) is 9.36 Å². The summed E-state index contributed by atoms with van der Waals surface area (Å²) in [6, 6.07) is 5.38. The number of hydrogen-bond donors (Lipinski definition) is 1. The molecule has 0 fully saturated rings. The van der Waals surface area contributed by atoms with E-state index in [1.807, 2.05) is 0 Å². The monoisotopic (exact) mass is 281 g/mol. The smallest absolute Gasteiger partial charge is 0.293 e. The van der Waals surface area contributed by atoms with E-state index in [0.717, 1.165) is 0 Å². The Kier molecular flexibility index (Phi) is 3.84. The van der Waals surface area contributed by atoms with E-state index in [4.69, 9.17) is 0 Å². The molecule has 0 radical (unpaired) electrons. The van der Waals surface area contributed by atoms with Crippen LogP contribution in [0, 0.1) is 5.82 Å². The summed E-state index contributed by atoms with van der Waals surface area (Å²) in [5.74, 6) is -0.521. The molecule has 1 N–H and O–H groups in total. The van der Waals surface area contributed by atoms with E-state index >= 15 is 0 Å². The molecule has 1 heterocycles. The SMILES string of the molecule is CC(Sc1n[nH]c(=O)n1C)C(=O)c1ccc(F)cc1. The van der Waals surface area contributed by atoms with E-state index in [1.54, 1.807) is 14.0 Å². The number of aromatic nitrogens is 3. The summed E-state index contributed by atoms with van der Waals surface area (Å²) in [6.45, 7) is 1.72. The third-order valence-corrected chi connectivity index (χ3v) is 3.76. The zero-order valence-corrected chi connectivity index (χ0v) is 11.2. The number of rotatable bonds is 4. The van der Waals surface area contributed by atoms with E-state index in [0.29, 0.717) is 10.7 Å². The summed E-state index contributed by atoms with van der Waals surface area (Å²) in [6.07, 6.45) is 0. The fourth-order valence-corrected chi connectivity index (χ4v) is 2.40. The van der Waals surface area contributed by atoms with Crippen LogP contribution in [0.4, 0.5) is 4.39 Å². The van der Waals surface area contributed by atoms with Crippen LogP contribution < -0.4 is 5.69 Å². The first kappa shape index (κ1) is 13.5. The number of halogens is 1. The average Bonchev–Trinajstić information content (AvgIpc) is 2.71. The van der Waals surface area contributed by atoms with Crippen molar-refractivity contribution in [3.63, 3.8) is 0 Å². The number of carbonyl (C=O) groups is 1. The maximum Gasteiger partial charge on any atom is 0.343 e. The highest BCUT2D eigenvalue weighted by atomic mass is 32.2. The zero-order valence-electron chi connectivity index (χ0n) is 10.4. The Morgan fingerprint density at radius 1 is 1.42 bits per heavy atom. The number of carbonyl (C=O) groups excluding carboxylic acids is 1. The van der Waals surface area contributed by atoms with Gasteiger partial charge in [-0.15, -0.1) is 5.10 Å². The fraction of sp³-hybridized carbons (Fsp3) is 0.250. The second kappa shape index (κ2) is 5.40. The molecule has 5 nitrogen and oxygen atoms in total. The van der Waals surface area contributed by atoms with Crippen LogP contribution >= 0.6 is 11.8 Å². The van der Waals surface area contributed by atoms with Crippen molar-refractivity contribution < 1.29 is 9.18 Å². The van der Waals surface area contributed by atoms with Crippen LogP contribution in [0.1, 0.15) is 17.3 Å². The topological polar surface area (TPSA) is 67.8 Å². The van der Waals surface area contributed by atoms with Crippen LogP contribution in [-0.2, 0) is 7.05 Å². The van der Waals surface area contributed by atoms with Gasteiger partial charge in [0.1, 0.15) is 5.82 Å². The van der Waals surface area contributed by atoms with Gasteiger partial charge in [0, 0.05) is 12.6 Å². The molecule has 100 valence electrons. The molecule has 7 heteroatoms. The summed E-state index contributed by atoms with van der Waals surface area (Å²) in [5.41, 5.74) is 0.103. The molecule has 0 saturated heterocycles. The minimum Gasteiger partial charge on any atom is -0.293 e. The van der Waals surface area contributed by atoms with Gasteiger partial charge in [0.15, 0.2) is 10.9 Å². The highest BCUT2D eigenvalue weighted by Gasteiger charge is 2.19. The summed E-state index contributed by atoms with van der Waals surface area (Å²) in [4.78, 5) is 23.3. The second-order valence-corrected chi connectivity index (χ2v) is 5.31. The van der Waals surface area contributed by atoms with Gasteiger partial charge in [0.05, 0.1) is 5.25 Å². The Bertz CT molecular complexity index is 648. The molecule has 0 aliphatic rings. The molecule has 0 aliphatic heterocycles. The van der Waals surface area contributed by atoms with Crippen molar-refractivity contribution in [1.29, 1.82) is 0 Å². The lowest BCUT2D eigenvalue weighted by Crippen LogP contribution is -2.16. The van der Waals surface area contributed by atoms with Crippen molar-refractivity contribution in [2.24, 2.45) is 7.05 Å². The average molecular weight is 281 g/mol. The number of Topliss-reactive ketones (excluding diaryl/α,β-unsaturated/α-hetero) is 1. The lowest BCUT2D eigenvalue weighted by atomic mass is 10.1. The van der Waals surface area contributed by atoms with Crippen molar-refractivity contribution in [2.75, 3.05) is 0 Å². The lowest BCUT2D eigenvalue weighted by Gasteiger charge is -2.09. The molecule has 1 aromatic heterocycles. The number of hydrogen-bond acceptors (Lipinski definition) is 4. The van der Waals surface area contributed by atoms with Gasteiger partial charge in [-0.05, 0) is 31.2 Å². The van der Waals surface area contributed by atoms with E-state index in [1.165, 1.54) is 40.6 Å². The molecule has 19 heavy (non-hydrogen) atoms. The normalized spacial score (nSPS) is 12.4. The van der Waals surface area contributed by atoms with Crippen molar-refractivity contribution >= 4 is 17.5 Å². The Hall–Kier alpha value is -1.89. The van der Waals surface area contributed by atoms with Crippen molar-refractivity contribution in [1.82, 2.24) is 14.8 Å². The van der Waals surface area contributed by atoms with E-state index in [9.17, 15) is 14.0 Å². The molecule has 1 aromatic carbocycles. The number of nitrogens with zero attached hydrogens (tertiary/aromatic N) is 2. The second-order valence-electron chi connectivity index (χ2n) is 4.00. The van der Waals surface area contributed by atoms with E-state index in [-0.39, 0.29) is 17.3 Å². The summed E-state index contributed by atoms with van der Waals surface area (Å²) in [7, 11) is 1.57. The summed E-state index contributed by atoms with van der Waals surface area (Å²) >= 11 is 1.18. The highest BCUT2D eigenvalue weighted by molar-refractivity contribution is 8.00. The molecular weight excluding hydrogens is 269 g/mol. The number of ketones is 1. The van der Waals surface area contributed by atoms with Crippen LogP contribution in [0.15, 0.2) is 34.2 Å². The summed E-state index contributed by atoms with van der Waals surface area (Å²) < 4.78 is 14.1. The Morgan fingerprint density at radius 3 is 2.58 bits per heavy atom. The minimum atomic E-state index is -0.417. The Morgan fingerprint density at radius 2 is 2.05 bits per heavy atom. The molecule has 1 unspecified atom stereocenters.